The van der Waals surface area contributed by atoms with Gasteiger partial charge in [-0.25, -0.2) is 4.98 Å². The standard InChI is InChI=1S/C13H17N3OS2/c18-13-9-6-19-7-10(9)14-12(15-13)11-4-16-3-1-2-8(16)5-17-11/h8,11H,1-7H2,(H,14,15,18). The van der Waals surface area contributed by atoms with Crippen LogP contribution in [-0.2, 0) is 16.2 Å². The second-order valence-electron chi connectivity index (χ2n) is 5.49. The van der Waals surface area contributed by atoms with Crippen LogP contribution in [0, 0.1) is 4.64 Å². The van der Waals surface area contributed by atoms with Gasteiger partial charge in [0.25, 0.3) is 0 Å². The van der Waals surface area contributed by atoms with Gasteiger partial charge in [0.1, 0.15) is 16.6 Å². The third-order valence-electron chi connectivity index (χ3n) is 4.31. The Balaban J connectivity index is 1.62. The molecule has 0 aromatic carbocycles. The maximum atomic E-state index is 6.00. The average Bonchev–Trinajstić information content (AvgIpc) is 3.06. The van der Waals surface area contributed by atoms with E-state index in [1.165, 1.54) is 30.6 Å². The molecule has 3 aliphatic rings. The van der Waals surface area contributed by atoms with Crippen molar-refractivity contribution in [2.45, 2.75) is 36.5 Å². The first kappa shape index (κ1) is 12.3. The zero-order valence-corrected chi connectivity index (χ0v) is 12.4. The minimum absolute atomic E-state index is 0.0620. The summed E-state index contributed by atoms with van der Waals surface area (Å²) in [5.74, 6) is 2.95. The maximum Gasteiger partial charge on any atom is 0.138 e. The lowest BCUT2D eigenvalue weighted by Gasteiger charge is -2.34. The van der Waals surface area contributed by atoms with Gasteiger partial charge < -0.3 is 9.72 Å². The largest absolute Gasteiger partial charge is 0.367 e. The number of hydrogen-bond donors (Lipinski definition) is 1. The average molecular weight is 295 g/mol. The molecule has 1 aromatic rings. The fourth-order valence-electron chi connectivity index (χ4n) is 3.23. The van der Waals surface area contributed by atoms with E-state index in [1.54, 1.807) is 0 Å². The van der Waals surface area contributed by atoms with E-state index < -0.39 is 0 Å². The Kier molecular flexibility index (Phi) is 3.14. The van der Waals surface area contributed by atoms with Gasteiger partial charge in [-0.15, -0.1) is 0 Å². The highest BCUT2D eigenvalue weighted by Gasteiger charge is 2.34. The summed E-state index contributed by atoms with van der Waals surface area (Å²) in [6.07, 6.45) is 2.63. The predicted molar refractivity (Wildman–Crippen MR) is 77.7 cm³/mol. The number of nitrogens with zero attached hydrogens (tertiary/aromatic N) is 2. The summed E-state index contributed by atoms with van der Waals surface area (Å²) in [6, 6.07) is 0.629. The maximum absolute atomic E-state index is 6.00. The van der Waals surface area contributed by atoms with E-state index in [-0.39, 0.29) is 6.10 Å². The number of ether oxygens (including phenoxy) is 1. The van der Waals surface area contributed by atoms with Crippen LogP contribution in [0.2, 0.25) is 0 Å². The Morgan fingerprint density at radius 1 is 1.42 bits per heavy atom. The second kappa shape index (κ2) is 4.84. The molecular formula is C13H17N3OS2. The molecule has 4 nitrogen and oxygen atoms in total. The van der Waals surface area contributed by atoms with Crippen molar-refractivity contribution in [1.82, 2.24) is 14.9 Å². The second-order valence-corrected chi connectivity index (χ2v) is 6.86. The molecule has 6 heteroatoms. The van der Waals surface area contributed by atoms with Gasteiger partial charge in [-0.05, 0) is 19.4 Å². The van der Waals surface area contributed by atoms with Crippen LogP contribution >= 0.6 is 24.0 Å². The van der Waals surface area contributed by atoms with Gasteiger partial charge in [0.05, 0.1) is 6.61 Å². The van der Waals surface area contributed by atoms with Crippen molar-refractivity contribution in [3.8, 4) is 0 Å². The van der Waals surface area contributed by atoms with Crippen LogP contribution in [0.5, 0.6) is 0 Å². The van der Waals surface area contributed by atoms with Gasteiger partial charge in [0, 0.05) is 35.3 Å². The van der Waals surface area contributed by atoms with E-state index in [0.29, 0.717) is 6.04 Å². The van der Waals surface area contributed by atoms with E-state index in [4.69, 9.17) is 17.0 Å². The Morgan fingerprint density at radius 3 is 3.32 bits per heavy atom. The van der Waals surface area contributed by atoms with Crippen LogP contribution in [0.3, 0.4) is 0 Å². The fraction of sp³-hybridized carbons (Fsp3) is 0.692. The van der Waals surface area contributed by atoms with Gasteiger partial charge in [-0.3, -0.25) is 4.90 Å². The Labute approximate surface area is 121 Å². The number of fused-ring (bicyclic) bond motifs is 2. The molecule has 19 heavy (non-hydrogen) atoms. The summed E-state index contributed by atoms with van der Waals surface area (Å²) < 4.78 is 6.77. The molecule has 0 radical (unpaired) electrons. The highest BCUT2D eigenvalue weighted by molar-refractivity contribution is 7.98. The quantitative estimate of drug-likeness (QED) is 0.806. The van der Waals surface area contributed by atoms with E-state index in [1.807, 2.05) is 11.8 Å². The van der Waals surface area contributed by atoms with Gasteiger partial charge >= 0.3 is 0 Å². The number of hydrogen-bond acceptors (Lipinski definition) is 5. The van der Waals surface area contributed by atoms with Crippen molar-refractivity contribution in [3.63, 3.8) is 0 Å². The highest BCUT2D eigenvalue weighted by Crippen LogP contribution is 2.32. The van der Waals surface area contributed by atoms with Gasteiger partial charge in [0.15, 0.2) is 0 Å². The molecule has 102 valence electrons. The predicted octanol–water partition coefficient (Wildman–Crippen LogP) is 2.42. The summed E-state index contributed by atoms with van der Waals surface area (Å²) in [4.78, 5) is 10.6. The van der Waals surface area contributed by atoms with E-state index in [9.17, 15) is 0 Å². The lowest BCUT2D eigenvalue weighted by Crippen LogP contribution is -2.42. The van der Waals surface area contributed by atoms with E-state index >= 15 is 0 Å². The number of aromatic amines is 1. The van der Waals surface area contributed by atoms with Crippen LogP contribution in [0.15, 0.2) is 0 Å². The molecule has 0 aliphatic carbocycles. The molecule has 2 saturated heterocycles. The van der Waals surface area contributed by atoms with Crippen LogP contribution < -0.4 is 0 Å². The van der Waals surface area contributed by atoms with Crippen molar-refractivity contribution in [1.29, 1.82) is 0 Å². The van der Waals surface area contributed by atoms with Crippen LogP contribution in [-0.4, -0.2) is 40.6 Å². The Bertz CT molecular complexity index is 559. The summed E-state index contributed by atoms with van der Waals surface area (Å²) in [5.41, 5.74) is 2.48. The first-order chi connectivity index (χ1) is 9.31. The first-order valence-corrected chi connectivity index (χ1v) is 8.43. The number of H-pyrrole nitrogens is 1. The van der Waals surface area contributed by atoms with Gasteiger partial charge in [0.2, 0.25) is 0 Å². The number of rotatable bonds is 1. The topological polar surface area (TPSA) is 41.2 Å². The van der Waals surface area contributed by atoms with Crippen LogP contribution in [0.1, 0.15) is 36.0 Å². The molecule has 0 saturated carbocycles. The molecule has 0 amide bonds. The van der Waals surface area contributed by atoms with Crippen molar-refractivity contribution in [3.05, 3.63) is 21.7 Å². The van der Waals surface area contributed by atoms with Crippen molar-refractivity contribution in [2.75, 3.05) is 19.7 Å². The molecule has 2 unspecified atom stereocenters. The van der Waals surface area contributed by atoms with Crippen molar-refractivity contribution in [2.24, 2.45) is 0 Å². The Hall–Kier alpha value is -0.430. The summed E-state index contributed by atoms with van der Waals surface area (Å²) >= 11 is 7.31. The minimum Gasteiger partial charge on any atom is -0.367 e. The third-order valence-corrected chi connectivity index (χ3v) is 5.63. The normalized spacial score (nSPS) is 30.3. The zero-order valence-electron chi connectivity index (χ0n) is 10.7. The lowest BCUT2D eigenvalue weighted by molar-refractivity contribution is -0.0542. The molecule has 1 N–H and O–H groups in total. The molecule has 3 aliphatic heterocycles. The molecule has 4 heterocycles. The molecule has 1 aromatic heterocycles. The molecular weight excluding hydrogens is 278 g/mol. The number of thioether (sulfide) groups is 1. The zero-order chi connectivity index (χ0) is 12.8. The number of nitrogens with one attached hydrogen (secondary N) is 1. The molecule has 2 atom stereocenters. The molecule has 0 spiro atoms. The lowest BCUT2D eigenvalue weighted by atomic mass is 10.1. The third kappa shape index (κ3) is 2.14. The highest BCUT2D eigenvalue weighted by atomic mass is 32.2. The smallest absolute Gasteiger partial charge is 0.138 e. The number of aromatic nitrogens is 2. The van der Waals surface area contributed by atoms with Gasteiger partial charge in [-0.1, -0.05) is 12.2 Å². The van der Waals surface area contributed by atoms with Crippen molar-refractivity contribution < 1.29 is 4.74 Å². The van der Waals surface area contributed by atoms with E-state index in [2.05, 4.69) is 14.9 Å². The summed E-state index contributed by atoms with van der Waals surface area (Å²) in [6.45, 7) is 2.99. The summed E-state index contributed by atoms with van der Waals surface area (Å²) in [7, 11) is 0. The molecule has 2 fully saturated rings. The van der Waals surface area contributed by atoms with Crippen LogP contribution in [0.4, 0.5) is 0 Å². The molecule has 0 bridgehead atoms. The fourth-order valence-corrected chi connectivity index (χ4v) is 4.68. The molecule has 4 rings (SSSR count). The minimum atomic E-state index is 0.0620. The van der Waals surface area contributed by atoms with Crippen molar-refractivity contribution >= 4 is 24.0 Å². The monoisotopic (exact) mass is 295 g/mol. The summed E-state index contributed by atoms with van der Waals surface area (Å²) in [5, 5.41) is 0. The van der Waals surface area contributed by atoms with E-state index in [0.717, 1.165) is 35.1 Å². The SMILES string of the molecule is S=c1nc(C2CN3CCCC3CO2)[nH]c2c1CSC2. The van der Waals surface area contributed by atoms with Gasteiger partial charge in [-0.2, -0.15) is 11.8 Å². The first-order valence-electron chi connectivity index (χ1n) is 6.86. The number of morpholine rings is 1. The Morgan fingerprint density at radius 2 is 2.37 bits per heavy atom. The van der Waals surface area contributed by atoms with Crippen LogP contribution in [0.25, 0.3) is 0 Å².